The van der Waals surface area contributed by atoms with Crippen molar-refractivity contribution in [2.75, 3.05) is 0 Å². The third-order valence-electron chi connectivity index (χ3n) is 3.99. The lowest BCUT2D eigenvalue weighted by Gasteiger charge is -2.14. The first kappa shape index (κ1) is 23.0. The molecule has 0 aromatic carbocycles. The van der Waals surface area contributed by atoms with Crippen LogP contribution < -0.4 is 0 Å². The normalized spacial score (nSPS) is 13.6. The van der Waals surface area contributed by atoms with E-state index in [1.807, 2.05) is 0 Å². The molecule has 0 rings (SSSR count). The van der Waals surface area contributed by atoms with Gasteiger partial charge in [-0.3, -0.25) is 9.59 Å². The van der Waals surface area contributed by atoms with Crippen molar-refractivity contribution in [3.8, 4) is 0 Å². The summed E-state index contributed by atoms with van der Waals surface area (Å²) < 4.78 is 0.116. The summed E-state index contributed by atoms with van der Waals surface area (Å²) in [7, 11) is 0. The largest absolute Gasteiger partial charge is 0.481 e. The molecule has 0 aliphatic rings. The molecule has 2 N–H and O–H groups in total. The van der Waals surface area contributed by atoms with Gasteiger partial charge in [0, 0.05) is 0 Å². The van der Waals surface area contributed by atoms with Crippen LogP contribution >= 0.6 is 23.2 Å². The lowest BCUT2D eigenvalue weighted by Crippen LogP contribution is -2.16. The number of carbonyl (C=O) groups is 2. The van der Waals surface area contributed by atoms with Gasteiger partial charge in [-0.25, -0.2) is 0 Å². The second-order valence-corrected chi connectivity index (χ2v) is 6.98. The number of aliphatic carboxylic acids is 2. The van der Waals surface area contributed by atoms with Crippen molar-refractivity contribution >= 4 is 35.1 Å². The maximum Gasteiger partial charge on any atom is 0.306 e. The minimum Gasteiger partial charge on any atom is -0.481 e. The Hall–Kier alpha value is -1.00. The maximum absolute atomic E-state index is 11.3. The summed E-state index contributed by atoms with van der Waals surface area (Å²) in [6, 6.07) is 0. The monoisotopic (exact) mass is 378 g/mol. The quantitative estimate of drug-likeness (QED) is 0.296. The first-order valence-electron chi connectivity index (χ1n) is 8.51. The molecule has 0 saturated heterocycles. The van der Waals surface area contributed by atoms with Gasteiger partial charge in [0.1, 0.15) is 4.49 Å². The van der Waals surface area contributed by atoms with Crippen LogP contribution in [0, 0.1) is 11.8 Å². The van der Waals surface area contributed by atoms with Gasteiger partial charge in [0.25, 0.3) is 0 Å². The number of rotatable bonds is 14. The van der Waals surface area contributed by atoms with Crippen molar-refractivity contribution in [3.05, 3.63) is 22.7 Å². The molecule has 2 unspecified atom stereocenters. The third kappa shape index (κ3) is 12.4. The van der Waals surface area contributed by atoms with Crippen LogP contribution in [-0.2, 0) is 9.59 Å². The number of carboxylic acids is 2. The van der Waals surface area contributed by atoms with E-state index in [0.717, 1.165) is 25.7 Å². The van der Waals surface area contributed by atoms with E-state index in [9.17, 15) is 19.8 Å². The highest BCUT2D eigenvalue weighted by molar-refractivity contribution is 6.55. The van der Waals surface area contributed by atoms with E-state index in [1.165, 1.54) is 6.08 Å². The van der Waals surface area contributed by atoms with E-state index < -0.39 is 17.9 Å². The summed E-state index contributed by atoms with van der Waals surface area (Å²) >= 11 is 10.9. The summed E-state index contributed by atoms with van der Waals surface area (Å²) in [5.74, 6) is -2.53. The van der Waals surface area contributed by atoms with Crippen LogP contribution in [0.2, 0.25) is 0 Å². The predicted molar refractivity (Wildman–Crippen MR) is 98.4 cm³/mol. The van der Waals surface area contributed by atoms with E-state index in [2.05, 4.69) is 6.92 Å². The van der Waals surface area contributed by atoms with Crippen molar-refractivity contribution < 1.29 is 19.8 Å². The highest BCUT2D eigenvalue weighted by atomic mass is 35.5. The van der Waals surface area contributed by atoms with Crippen molar-refractivity contribution in [2.24, 2.45) is 11.8 Å². The van der Waals surface area contributed by atoms with Crippen LogP contribution in [0.4, 0.5) is 0 Å². The molecule has 0 aromatic heterocycles. The molecule has 0 radical (unpaired) electrons. The van der Waals surface area contributed by atoms with E-state index >= 15 is 0 Å². The van der Waals surface area contributed by atoms with Crippen molar-refractivity contribution in [1.29, 1.82) is 0 Å². The zero-order valence-corrected chi connectivity index (χ0v) is 15.7. The van der Waals surface area contributed by atoms with E-state index in [1.54, 1.807) is 12.2 Å². The molecule has 0 aliphatic heterocycles. The van der Waals surface area contributed by atoms with Gasteiger partial charge in [-0.05, 0) is 31.8 Å². The Balaban J connectivity index is 4.26. The van der Waals surface area contributed by atoms with Gasteiger partial charge in [-0.2, -0.15) is 0 Å². The van der Waals surface area contributed by atoms with Crippen LogP contribution in [0.15, 0.2) is 22.7 Å². The second-order valence-electron chi connectivity index (χ2n) is 5.97. The number of unbranched alkanes of at least 4 members (excludes halogenated alkanes) is 3. The first-order valence-corrected chi connectivity index (χ1v) is 9.27. The maximum atomic E-state index is 11.3. The predicted octanol–water partition coefficient (Wildman–Crippen LogP) is 5.79. The summed E-state index contributed by atoms with van der Waals surface area (Å²) in [5, 5.41) is 18.5. The molecule has 0 aliphatic carbocycles. The number of halogens is 2. The number of allylic oxidation sites excluding steroid dienone is 3. The van der Waals surface area contributed by atoms with E-state index in [-0.39, 0.29) is 10.4 Å². The molecule has 6 heteroatoms. The molecule has 0 fully saturated rings. The highest BCUT2D eigenvalue weighted by Gasteiger charge is 2.20. The summed E-state index contributed by atoms with van der Waals surface area (Å²) in [6.07, 6.45) is 11.7. The van der Waals surface area contributed by atoms with E-state index in [4.69, 9.17) is 23.2 Å². The van der Waals surface area contributed by atoms with Crippen molar-refractivity contribution in [2.45, 2.75) is 64.7 Å². The topological polar surface area (TPSA) is 74.6 Å². The van der Waals surface area contributed by atoms with Crippen LogP contribution in [0.3, 0.4) is 0 Å². The zero-order valence-electron chi connectivity index (χ0n) is 14.2. The van der Waals surface area contributed by atoms with Gasteiger partial charge in [-0.1, -0.05) is 74.4 Å². The Kier molecular flexibility index (Phi) is 13.8. The molecule has 0 bridgehead atoms. The summed E-state index contributed by atoms with van der Waals surface area (Å²) in [5.41, 5.74) is 0. The van der Waals surface area contributed by atoms with E-state index in [0.29, 0.717) is 32.1 Å². The average Bonchev–Trinajstić information content (AvgIpc) is 2.50. The average molecular weight is 379 g/mol. The Morgan fingerprint density at radius 1 is 0.917 bits per heavy atom. The molecule has 2 atom stereocenters. The molecule has 24 heavy (non-hydrogen) atoms. The first-order chi connectivity index (χ1) is 11.4. The summed E-state index contributed by atoms with van der Waals surface area (Å²) in [4.78, 5) is 22.6. The molecule has 4 nitrogen and oxygen atoms in total. The van der Waals surface area contributed by atoms with Gasteiger partial charge < -0.3 is 10.2 Å². The molecular weight excluding hydrogens is 351 g/mol. The molecule has 0 spiro atoms. The fourth-order valence-corrected chi connectivity index (χ4v) is 2.69. The highest BCUT2D eigenvalue weighted by Crippen LogP contribution is 2.21. The van der Waals surface area contributed by atoms with Gasteiger partial charge >= 0.3 is 11.9 Å². The SMILES string of the molecule is CCCCCCC(CCCC(CC=CC=C(Cl)Cl)C(=O)O)C(=O)O. The Morgan fingerprint density at radius 2 is 1.50 bits per heavy atom. The van der Waals surface area contributed by atoms with Crippen LogP contribution in [0.25, 0.3) is 0 Å². The van der Waals surface area contributed by atoms with Crippen molar-refractivity contribution in [3.63, 3.8) is 0 Å². The third-order valence-corrected chi connectivity index (χ3v) is 4.24. The fourth-order valence-electron chi connectivity index (χ4n) is 2.55. The number of hydrogen-bond acceptors (Lipinski definition) is 2. The Labute approximate surface area is 154 Å². The van der Waals surface area contributed by atoms with Gasteiger partial charge in [0.15, 0.2) is 0 Å². The van der Waals surface area contributed by atoms with Crippen LogP contribution in [0.5, 0.6) is 0 Å². The standard InChI is InChI=1S/C18H28Cl2O4/c1-2-3-4-5-9-14(17(21)22)11-8-12-15(18(23)24)10-6-7-13-16(19)20/h6-7,13-15H,2-5,8-12H2,1H3,(H,21,22)(H,23,24). The molecule has 0 saturated carbocycles. The summed E-state index contributed by atoms with van der Waals surface area (Å²) in [6.45, 7) is 2.12. The van der Waals surface area contributed by atoms with Crippen LogP contribution in [0.1, 0.15) is 64.7 Å². The molecule has 0 amide bonds. The zero-order chi connectivity index (χ0) is 18.4. The lowest BCUT2D eigenvalue weighted by atomic mass is 9.91. The molecule has 0 aromatic rings. The van der Waals surface area contributed by atoms with Gasteiger partial charge in [-0.15, -0.1) is 0 Å². The number of hydrogen-bond donors (Lipinski definition) is 2. The Morgan fingerprint density at radius 3 is 2.04 bits per heavy atom. The van der Waals surface area contributed by atoms with Gasteiger partial charge in [0.05, 0.1) is 11.8 Å². The second kappa shape index (κ2) is 14.4. The molecular formula is C18H28Cl2O4. The van der Waals surface area contributed by atoms with Gasteiger partial charge in [0.2, 0.25) is 0 Å². The van der Waals surface area contributed by atoms with Crippen molar-refractivity contribution in [1.82, 2.24) is 0 Å². The Bertz CT molecular complexity index is 429. The van der Waals surface area contributed by atoms with Crippen LogP contribution in [-0.4, -0.2) is 22.2 Å². The lowest BCUT2D eigenvalue weighted by molar-refractivity contribution is -0.142. The fraction of sp³-hybridized carbons (Fsp3) is 0.667. The molecule has 0 heterocycles. The smallest absolute Gasteiger partial charge is 0.306 e. The minimum atomic E-state index is -0.865. The number of carboxylic acid groups (broad SMARTS) is 2. The molecule has 138 valence electrons. The minimum absolute atomic E-state index is 0.116.